The first kappa shape index (κ1) is 17.7. The van der Waals surface area contributed by atoms with Crippen molar-refractivity contribution in [3.8, 4) is 0 Å². The Kier molecular flexibility index (Phi) is 3.23. The van der Waals surface area contributed by atoms with E-state index in [4.69, 9.17) is 0 Å². The summed E-state index contributed by atoms with van der Waals surface area (Å²) in [6.07, 6.45) is -1.60. The van der Waals surface area contributed by atoms with Gasteiger partial charge >= 0.3 is 0 Å². The Labute approximate surface area is 139 Å². The standard InChI is InChI=1S/C16H8F10/c17-7-6(8(18)10(20)11(21)9(7)19)16(25,26)14-5-2-1-4(3-5)12(14)15(23,24)13(14)22/h1-2,4-5,12-13H,3H2. The molecular weight excluding hydrogens is 382 g/mol. The van der Waals surface area contributed by atoms with E-state index in [-0.39, 0.29) is 6.42 Å². The van der Waals surface area contributed by atoms with Crippen molar-refractivity contribution in [3.63, 3.8) is 0 Å². The molecule has 0 spiro atoms. The van der Waals surface area contributed by atoms with Crippen LogP contribution in [-0.2, 0) is 5.92 Å². The summed E-state index contributed by atoms with van der Waals surface area (Å²) in [6, 6.07) is 0. The van der Waals surface area contributed by atoms with Gasteiger partial charge in [-0.3, -0.25) is 0 Å². The maximum atomic E-state index is 15.1. The van der Waals surface area contributed by atoms with E-state index in [0.717, 1.165) is 6.08 Å². The summed E-state index contributed by atoms with van der Waals surface area (Å²) < 4.78 is 140. The molecule has 3 aliphatic carbocycles. The topological polar surface area (TPSA) is 0 Å². The van der Waals surface area contributed by atoms with Gasteiger partial charge in [-0.25, -0.2) is 43.9 Å². The fourth-order valence-corrected chi connectivity index (χ4v) is 4.93. The van der Waals surface area contributed by atoms with E-state index in [0.29, 0.717) is 0 Å². The number of hydrogen-bond donors (Lipinski definition) is 0. The summed E-state index contributed by atoms with van der Waals surface area (Å²) in [5.74, 6) is -27.9. The minimum Gasteiger partial charge on any atom is -0.240 e. The largest absolute Gasteiger partial charge is 0.288 e. The van der Waals surface area contributed by atoms with Crippen LogP contribution in [0, 0.1) is 52.3 Å². The minimum atomic E-state index is -5.05. The van der Waals surface area contributed by atoms with Crippen molar-refractivity contribution in [2.45, 2.75) is 24.4 Å². The zero-order valence-electron chi connectivity index (χ0n) is 12.5. The Morgan fingerprint density at radius 2 is 1.35 bits per heavy atom. The molecule has 2 saturated carbocycles. The number of allylic oxidation sites excluding steroid dienone is 2. The van der Waals surface area contributed by atoms with Gasteiger partial charge in [-0.1, -0.05) is 12.2 Å². The normalized spacial score (nSPS) is 37.0. The second kappa shape index (κ2) is 4.75. The van der Waals surface area contributed by atoms with Gasteiger partial charge < -0.3 is 0 Å². The van der Waals surface area contributed by atoms with Crippen LogP contribution in [0.4, 0.5) is 43.9 Å². The van der Waals surface area contributed by atoms with Crippen LogP contribution in [-0.4, -0.2) is 12.1 Å². The fourth-order valence-electron chi connectivity index (χ4n) is 4.93. The molecule has 10 heteroatoms. The van der Waals surface area contributed by atoms with E-state index in [1.54, 1.807) is 0 Å². The molecule has 3 aliphatic rings. The van der Waals surface area contributed by atoms with Crippen molar-refractivity contribution in [1.82, 2.24) is 0 Å². The molecule has 0 amide bonds. The summed E-state index contributed by atoms with van der Waals surface area (Å²) in [7, 11) is 0. The average Bonchev–Trinajstić information content (AvgIpc) is 3.16. The third-order valence-corrected chi connectivity index (χ3v) is 5.91. The highest BCUT2D eigenvalue weighted by molar-refractivity contribution is 5.40. The van der Waals surface area contributed by atoms with Gasteiger partial charge in [0.15, 0.2) is 29.4 Å². The van der Waals surface area contributed by atoms with Crippen LogP contribution < -0.4 is 0 Å². The van der Waals surface area contributed by atoms with Gasteiger partial charge in [-0.2, -0.15) is 0 Å². The van der Waals surface area contributed by atoms with Crippen molar-refractivity contribution in [2.75, 3.05) is 0 Å². The molecule has 1 aromatic rings. The van der Waals surface area contributed by atoms with Crippen LogP contribution in [0.3, 0.4) is 0 Å². The number of halogens is 10. The molecule has 1 aromatic carbocycles. The van der Waals surface area contributed by atoms with E-state index in [2.05, 4.69) is 0 Å². The summed E-state index contributed by atoms with van der Waals surface area (Å²) in [4.78, 5) is 0. The molecule has 2 fully saturated rings. The number of benzene rings is 1. The smallest absolute Gasteiger partial charge is 0.240 e. The maximum absolute atomic E-state index is 15.1. The number of rotatable bonds is 2. The van der Waals surface area contributed by atoms with Crippen molar-refractivity contribution in [2.24, 2.45) is 23.2 Å². The lowest BCUT2D eigenvalue weighted by Gasteiger charge is -2.60. The second-order valence-electron chi connectivity index (χ2n) is 6.86. The first-order chi connectivity index (χ1) is 11.9. The van der Waals surface area contributed by atoms with Crippen molar-refractivity contribution in [3.05, 3.63) is 46.8 Å². The molecule has 5 unspecified atom stereocenters. The van der Waals surface area contributed by atoms with E-state index >= 15 is 8.78 Å². The lowest BCUT2D eigenvalue weighted by Crippen LogP contribution is -2.74. The van der Waals surface area contributed by atoms with Crippen LogP contribution in [0.25, 0.3) is 0 Å². The molecule has 0 N–H and O–H groups in total. The van der Waals surface area contributed by atoms with E-state index < -0.39 is 75.8 Å². The van der Waals surface area contributed by atoms with Crippen LogP contribution in [0.1, 0.15) is 12.0 Å². The molecule has 2 bridgehead atoms. The van der Waals surface area contributed by atoms with E-state index in [9.17, 15) is 35.1 Å². The van der Waals surface area contributed by atoms with Crippen LogP contribution >= 0.6 is 0 Å². The highest BCUT2D eigenvalue weighted by Gasteiger charge is 2.89. The SMILES string of the molecule is Fc1c(F)c(F)c(C(F)(F)C23C4C=CC(C4)C2C(F)(F)C3F)c(F)c1F. The van der Waals surface area contributed by atoms with Crippen molar-refractivity contribution in [1.29, 1.82) is 0 Å². The Morgan fingerprint density at radius 3 is 1.88 bits per heavy atom. The lowest BCUT2D eigenvalue weighted by molar-refractivity contribution is -0.360. The molecule has 5 atom stereocenters. The summed E-state index contributed by atoms with van der Waals surface area (Å²) >= 11 is 0. The molecular formula is C16H8F10. The predicted octanol–water partition coefficient (Wildman–Crippen LogP) is 5.27. The number of alkyl halides is 5. The Morgan fingerprint density at radius 1 is 0.846 bits per heavy atom. The number of hydrogen-bond acceptors (Lipinski definition) is 0. The van der Waals surface area contributed by atoms with Crippen molar-refractivity contribution < 1.29 is 43.9 Å². The minimum absolute atomic E-state index is 0.314. The molecule has 0 nitrogen and oxygen atoms in total. The molecule has 26 heavy (non-hydrogen) atoms. The molecule has 0 radical (unpaired) electrons. The fraction of sp³-hybridized carbons (Fsp3) is 0.500. The third-order valence-electron chi connectivity index (χ3n) is 5.91. The van der Waals surface area contributed by atoms with Gasteiger partial charge in [-0.15, -0.1) is 0 Å². The highest BCUT2D eigenvalue weighted by atomic mass is 19.3. The first-order valence-corrected chi connectivity index (χ1v) is 7.51. The van der Waals surface area contributed by atoms with Gasteiger partial charge in [0.25, 0.3) is 11.8 Å². The third kappa shape index (κ3) is 1.56. The molecule has 0 aliphatic heterocycles. The van der Waals surface area contributed by atoms with Crippen LogP contribution in [0.15, 0.2) is 12.2 Å². The van der Waals surface area contributed by atoms with Gasteiger partial charge in [-0.05, 0) is 18.3 Å². The summed E-state index contributed by atoms with van der Waals surface area (Å²) in [6.45, 7) is 0. The summed E-state index contributed by atoms with van der Waals surface area (Å²) in [5.41, 5.74) is -5.84. The van der Waals surface area contributed by atoms with E-state index in [1.165, 1.54) is 6.08 Å². The quantitative estimate of drug-likeness (QED) is 0.279. The van der Waals surface area contributed by atoms with Gasteiger partial charge in [0.1, 0.15) is 0 Å². The first-order valence-electron chi connectivity index (χ1n) is 7.51. The second-order valence-corrected chi connectivity index (χ2v) is 6.86. The molecule has 0 heterocycles. The molecule has 142 valence electrons. The summed E-state index contributed by atoms with van der Waals surface area (Å²) in [5, 5.41) is 0. The molecule has 4 rings (SSSR count). The molecule has 0 saturated heterocycles. The average molecular weight is 390 g/mol. The Bertz CT molecular complexity index is 815. The van der Waals surface area contributed by atoms with Crippen molar-refractivity contribution >= 4 is 0 Å². The van der Waals surface area contributed by atoms with Gasteiger partial charge in [0.05, 0.1) is 11.0 Å². The molecule has 0 aromatic heterocycles. The Hall–Kier alpha value is -1.74. The maximum Gasteiger partial charge on any atom is 0.288 e. The Balaban J connectivity index is 1.98. The lowest BCUT2D eigenvalue weighted by atomic mass is 9.48. The predicted molar refractivity (Wildman–Crippen MR) is 66.6 cm³/mol. The zero-order valence-corrected chi connectivity index (χ0v) is 12.5. The van der Waals surface area contributed by atoms with Crippen LogP contribution in [0.5, 0.6) is 0 Å². The zero-order chi connectivity index (χ0) is 19.4. The van der Waals surface area contributed by atoms with Gasteiger partial charge in [0.2, 0.25) is 5.82 Å². The van der Waals surface area contributed by atoms with E-state index in [1.807, 2.05) is 0 Å². The monoisotopic (exact) mass is 390 g/mol. The highest BCUT2D eigenvalue weighted by Crippen LogP contribution is 2.79. The van der Waals surface area contributed by atoms with Crippen LogP contribution in [0.2, 0.25) is 0 Å². The van der Waals surface area contributed by atoms with Gasteiger partial charge in [0, 0.05) is 5.92 Å². The number of fused-ring (bicyclic) bond motifs is 5.